The summed E-state index contributed by atoms with van der Waals surface area (Å²) in [4.78, 5) is 32.1. The number of aromatic nitrogens is 1. The molecule has 1 aromatic carbocycles. The summed E-state index contributed by atoms with van der Waals surface area (Å²) in [6, 6.07) is 7.64. The summed E-state index contributed by atoms with van der Waals surface area (Å²) >= 11 is -1.46. The number of nitrogens with one attached hydrogen (secondary N) is 2. The SMILES string of the molecule is CC1CC(C(=O)Nc2cc(C(CCC3CC3)(N[S+]([O-])C(C)(C)C)c3ccncc3)ccc2F)N(C(=O)OC(C)(C)C)C1. The van der Waals surface area contributed by atoms with E-state index in [1.807, 2.05) is 39.8 Å². The third-order valence-corrected chi connectivity index (χ3v) is 9.42. The van der Waals surface area contributed by atoms with Crippen LogP contribution in [0.25, 0.3) is 0 Å². The van der Waals surface area contributed by atoms with Crippen LogP contribution in [0.2, 0.25) is 0 Å². The van der Waals surface area contributed by atoms with E-state index in [1.54, 1.807) is 45.3 Å². The molecule has 4 unspecified atom stereocenters. The summed E-state index contributed by atoms with van der Waals surface area (Å²) in [5, 5.41) is 2.77. The highest BCUT2D eigenvalue weighted by atomic mass is 32.2. The molecule has 42 heavy (non-hydrogen) atoms. The predicted molar refractivity (Wildman–Crippen MR) is 164 cm³/mol. The second-order valence-electron chi connectivity index (χ2n) is 13.8. The highest BCUT2D eigenvalue weighted by Crippen LogP contribution is 2.43. The highest BCUT2D eigenvalue weighted by Gasteiger charge is 2.44. The minimum absolute atomic E-state index is 0.00869. The Hall–Kier alpha value is -2.69. The van der Waals surface area contributed by atoms with Gasteiger partial charge in [-0.2, -0.15) is 0 Å². The van der Waals surface area contributed by atoms with Gasteiger partial charge in [0.25, 0.3) is 0 Å². The summed E-state index contributed by atoms with van der Waals surface area (Å²) in [6.07, 6.45) is 7.13. The Bertz CT molecular complexity index is 1260. The molecular formula is C32H45FN4O4S. The first-order valence-corrected chi connectivity index (χ1v) is 15.9. The standard InChI is InChI=1S/C32H45FN4O4S/c1-21-18-27(37(20-21)29(39)41-30(2,3)4)28(38)35-26-19-24(10-11-25(26)33)32(15-12-22-8-9-22,23-13-16-34-17-14-23)36-42(40)31(5,6)7/h10-11,13-14,16-17,19,21-22,27,36H,8-9,12,15,18,20H2,1-7H3,(H,35,38). The first kappa shape index (κ1) is 32.2. The molecule has 2 N–H and O–H groups in total. The quantitative estimate of drug-likeness (QED) is 0.328. The Morgan fingerprint density at radius 3 is 2.36 bits per heavy atom. The topological polar surface area (TPSA) is 107 Å². The average molecular weight is 601 g/mol. The van der Waals surface area contributed by atoms with Crippen LogP contribution in [0.15, 0.2) is 42.7 Å². The van der Waals surface area contributed by atoms with Gasteiger partial charge in [0.2, 0.25) is 5.91 Å². The van der Waals surface area contributed by atoms with Crippen LogP contribution in [-0.4, -0.2) is 49.4 Å². The van der Waals surface area contributed by atoms with Crippen molar-refractivity contribution >= 4 is 29.0 Å². The maximum absolute atomic E-state index is 15.3. The van der Waals surface area contributed by atoms with Gasteiger partial charge in [-0.15, -0.1) is 4.72 Å². The zero-order chi connectivity index (χ0) is 30.9. The van der Waals surface area contributed by atoms with Crippen LogP contribution < -0.4 is 10.0 Å². The lowest BCUT2D eigenvalue weighted by atomic mass is 9.79. The van der Waals surface area contributed by atoms with E-state index in [-0.39, 0.29) is 11.6 Å². The molecule has 2 aliphatic rings. The van der Waals surface area contributed by atoms with Gasteiger partial charge in [0.1, 0.15) is 27.7 Å². The molecule has 1 aliphatic carbocycles. The number of nitrogens with zero attached hydrogens (tertiary/aromatic N) is 2. The Kier molecular flexibility index (Phi) is 9.59. The molecule has 2 fully saturated rings. The Morgan fingerprint density at radius 1 is 1.10 bits per heavy atom. The van der Waals surface area contributed by atoms with Crippen molar-refractivity contribution in [2.75, 3.05) is 11.9 Å². The maximum atomic E-state index is 15.3. The van der Waals surface area contributed by atoms with Crippen molar-refractivity contribution in [1.82, 2.24) is 14.6 Å². The lowest BCUT2D eigenvalue weighted by Crippen LogP contribution is -2.52. The summed E-state index contributed by atoms with van der Waals surface area (Å²) in [5.41, 5.74) is -0.0649. The minimum atomic E-state index is -1.46. The van der Waals surface area contributed by atoms with Gasteiger partial charge in [-0.25, -0.2) is 9.18 Å². The number of carbonyl (C=O) groups excluding carboxylic acids is 2. The van der Waals surface area contributed by atoms with E-state index in [1.165, 1.54) is 11.0 Å². The third kappa shape index (κ3) is 7.82. The van der Waals surface area contributed by atoms with Crippen LogP contribution >= 0.6 is 0 Å². The number of rotatable bonds is 9. The molecule has 0 spiro atoms. The van der Waals surface area contributed by atoms with Gasteiger partial charge >= 0.3 is 6.09 Å². The number of anilines is 1. The van der Waals surface area contributed by atoms with Crippen molar-refractivity contribution in [2.24, 2.45) is 11.8 Å². The van der Waals surface area contributed by atoms with Crippen molar-refractivity contribution in [3.8, 4) is 0 Å². The fourth-order valence-electron chi connectivity index (χ4n) is 5.32. The molecule has 4 atom stereocenters. The first-order valence-electron chi connectivity index (χ1n) is 14.8. The van der Waals surface area contributed by atoms with Gasteiger partial charge in [0.05, 0.1) is 5.69 Å². The molecule has 230 valence electrons. The average Bonchev–Trinajstić information content (AvgIpc) is 3.65. The van der Waals surface area contributed by atoms with Crippen molar-refractivity contribution in [2.45, 2.75) is 102 Å². The number of amides is 2. The fourth-order valence-corrected chi connectivity index (χ4v) is 6.28. The number of hydrogen-bond donors (Lipinski definition) is 2. The number of carbonyl (C=O) groups is 2. The van der Waals surface area contributed by atoms with Gasteiger partial charge in [-0.1, -0.05) is 25.8 Å². The minimum Gasteiger partial charge on any atom is -0.598 e. The predicted octanol–water partition coefficient (Wildman–Crippen LogP) is 6.29. The van der Waals surface area contributed by atoms with E-state index < -0.39 is 51.1 Å². The van der Waals surface area contributed by atoms with Gasteiger partial charge in [0, 0.05) is 30.3 Å². The molecule has 1 aromatic heterocycles. The zero-order valence-corrected chi connectivity index (χ0v) is 26.6. The van der Waals surface area contributed by atoms with E-state index in [4.69, 9.17) is 4.74 Å². The second-order valence-corrected chi connectivity index (χ2v) is 15.7. The maximum Gasteiger partial charge on any atom is 0.410 e. The Labute approximate surface area is 252 Å². The van der Waals surface area contributed by atoms with Crippen molar-refractivity contribution < 1.29 is 23.3 Å². The summed E-state index contributed by atoms with van der Waals surface area (Å²) < 4.78 is 37.4. The lowest BCUT2D eigenvalue weighted by Gasteiger charge is -2.39. The van der Waals surface area contributed by atoms with Crippen LogP contribution in [0.4, 0.5) is 14.9 Å². The lowest BCUT2D eigenvalue weighted by molar-refractivity contribution is -0.120. The Morgan fingerprint density at radius 2 is 1.76 bits per heavy atom. The van der Waals surface area contributed by atoms with E-state index in [2.05, 4.69) is 15.0 Å². The van der Waals surface area contributed by atoms with Gasteiger partial charge in [-0.05, 0) is 108 Å². The van der Waals surface area contributed by atoms with Crippen LogP contribution in [-0.2, 0) is 26.4 Å². The Balaban J connectivity index is 1.70. The highest BCUT2D eigenvalue weighted by molar-refractivity contribution is 7.90. The molecule has 1 aliphatic heterocycles. The summed E-state index contributed by atoms with van der Waals surface area (Å²) in [7, 11) is 0. The van der Waals surface area contributed by atoms with Gasteiger partial charge < -0.3 is 14.6 Å². The number of hydrogen-bond acceptors (Lipinski definition) is 6. The normalized spacial score (nSPS) is 21.5. The molecule has 2 heterocycles. The molecule has 1 saturated heterocycles. The molecule has 0 radical (unpaired) electrons. The van der Waals surface area contributed by atoms with Crippen molar-refractivity contribution in [3.63, 3.8) is 0 Å². The third-order valence-electron chi connectivity index (χ3n) is 7.78. The van der Waals surface area contributed by atoms with Crippen LogP contribution in [0.1, 0.15) is 91.7 Å². The number of halogens is 1. The van der Waals surface area contributed by atoms with Crippen molar-refractivity contribution in [1.29, 1.82) is 0 Å². The van der Waals surface area contributed by atoms with Crippen molar-refractivity contribution in [3.05, 3.63) is 59.7 Å². The zero-order valence-electron chi connectivity index (χ0n) is 25.8. The molecular weight excluding hydrogens is 555 g/mol. The molecule has 2 aromatic rings. The number of benzene rings is 1. The summed E-state index contributed by atoms with van der Waals surface area (Å²) in [5.74, 6) is -0.383. The van der Waals surface area contributed by atoms with Crippen LogP contribution in [0.3, 0.4) is 0 Å². The molecule has 1 saturated carbocycles. The molecule has 10 heteroatoms. The van der Waals surface area contributed by atoms with E-state index in [0.717, 1.165) is 24.8 Å². The smallest absolute Gasteiger partial charge is 0.410 e. The summed E-state index contributed by atoms with van der Waals surface area (Å²) in [6.45, 7) is 13.4. The largest absolute Gasteiger partial charge is 0.598 e. The van der Waals surface area contributed by atoms with Crippen LogP contribution in [0, 0.1) is 17.7 Å². The van der Waals surface area contributed by atoms with Crippen LogP contribution in [0.5, 0.6) is 0 Å². The van der Waals surface area contributed by atoms with E-state index in [0.29, 0.717) is 30.9 Å². The monoisotopic (exact) mass is 600 g/mol. The fraction of sp³-hybridized carbons (Fsp3) is 0.594. The molecule has 2 amide bonds. The molecule has 4 rings (SSSR count). The van der Waals surface area contributed by atoms with E-state index >= 15 is 4.39 Å². The number of ether oxygens (including phenoxy) is 1. The second kappa shape index (κ2) is 12.5. The number of pyridine rings is 1. The molecule has 8 nitrogen and oxygen atoms in total. The van der Waals surface area contributed by atoms with E-state index in [9.17, 15) is 14.1 Å². The number of likely N-dealkylation sites (tertiary alicyclic amines) is 1. The first-order chi connectivity index (χ1) is 19.6. The van der Waals surface area contributed by atoms with Gasteiger partial charge in [0.15, 0.2) is 0 Å². The molecule has 0 bridgehead atoms. The van der Waals surface area contributed by atoms with Gasteiger partial charge in [-0.3, -0.25) is 14.7 Å².